The molecule has 3 heterocycles. The summed E-state index contributed by atoms with van der Waals surface area (Å²) in [6.07, 6.45) is 6.75. The highest BCUT2D eigenvalue weighted by molar-refractivity contribution is 5.80. The first kappa shape index (κ1) is 22.2. The van der Waals surface area contributed by atoms with Gasteiger partial charge in [-0.2, -0.15) is 10.2 Å². The van der Waals surface area contributed by atoms with E-state index in [4.69, 9.17) is 4.74 Å². The van der Waals surface area contributed by atoms with Gasteiger partial charge < -0.3 is 15.0 Å². The molecule has 0 saturated carbocycles. The molecule has 34 heavy (non-hydrogen) atoms. The Morgan fingerprint density at radius 2 is 1.88 bits per heavy atom. The maximum atomic E-state index is 11.2. The number of nitrogens with one attached hydrogen (secondary N) is 2. The number of hydrogen-bond acceptors (Lipinski definition) is 5. The summed E-state index contributed by atoms with van der Waals surface area (Å²) in [5.41, 5.74) is 3.17. The predicted octanol–water partition coefficient (Wildman–Crippen LogP) is 4.21. The molecule has 1 aliphatic heterocycles. The summed E-state index contributed by atoms with van der Waals surface area (Å²) in [7, 11) is 0. The van der Waals surface area contributed by atoms with Crippen molar-refractivity contribution in [3.05, 3.63) is 60.9 Å². The van der Waals surface area contributed by atoms with Crippen LogP contribution in [0.15, 0.2) is 60.9 Å². The average Bonchev–Trinajstić information content (AvgIpc) is 3.51. The van der Waals surface area contributed by atoms with Crippen LogP contribution >= 0.6 is 0 Å². The van der Waals surface area contributed by atoms with E-state index in [0.717, 1.165) is 79.1 Å². The van der Waals surface area contributed by atoms with Gasteiger partial charge in [0.2, 0.25) is 5.91 Å². The van der Waals surface area contributed by atoms with Crippen molar-refractivity contribution < 1.29 is 9.53 Å². The molecule has 176 valence electrons. The number of hydrogen-bond donors (Lipinski definition) is 2. The quantitative estimate of drug-likeness (QED) is 0.413. The molecule has 8 heteroatoms. The number of benzene rings is 2. The normalized spacial score (nSPS) is 15.0. The van der Waals surface area contributed by atoms with E-state index in [9.17, 15) is 4.79 Å². The Morgan fingerprint density at radius 1 is 1.09 bits per heavy atom. The third-order valence-electron chi connectivity index (χ3n) is 6.35. The Labute approximate surface area is 198 Å². The zero-order chi connectivity index (χ0) is 23.3. The molecule has 5 rings (SSSR count). The molecule has 1 amide bonds. The van der Waals surface area contributed by atoms with Crippen LogP contribution in [0.5, 0.6) is 11.5 Å². The van der Waals surface area contributed by atoms with Crippen molar-refractivity contribution in [2.75, 3.05) is 19.6 Å². The lowest BCUT2D eigenvalue weighted by atomic mass is 10.0. The topological polar surface area (TPSA) is 88.1 Å². The molecule has 1 saturated heterocycles. The maximum Gasteiger partial charge on any atom is 0.217 e. The SMILES string of the molecule is CC(=O)NC1CCN(CCCn2ncc3cc(Oc4ccc(-c5ccn[nH]5)cc4)ccc32)CC1. The number of ether oxygens (including phenoxy) is 1. The number of aromatic amines is 1. The van der Waals surface area contributed by atoms with Crippen molar-refractivity contribution in [3.63, 3.8) is 0 Å². The highest BCUT2D eigenvalue weighted by atomic mass is 16.5. The molecular formula is C26H30N6O2. The number of aryl methyl sites for hydroxylation is 1. The van der Waals surface area contributed by atoms with Gasteiger partial charge in [0.15, 0.2) is 0 Å². The van der Waals surface area contributed by atoms with Gasteiger partial charge in [-0.15, -0.1) is 0 Å². The molecule has 2 N–H and O–H groups in total. The third kappa shape index (κ3) is 5.28. The van der Waals surface area contributed by atoms with Gasteiger partial charge in [0.05, 0.1) is 17.4 Å². The van der Waals surface area contributed by atoms with Crippen molar-refractivity contribution in [1.29, 1.82) is 0 Å². The van der Waals surface area contributed by atoms with Gasteiger partial charge >= 0.3 is 0 Å². The largest absolute Gasteiger partial charge is 0.457 e. The van der Waals surface area contributed by atoms with Crippen LogP contribution in [0.1, 0.15) is 26.2 Å². The lowest BCUT2D eigenvalue weighted by Gasteiger charge is -2.32. The highest BCUT2D eigenvalue weighted by Gasteiger charge is 2.19. The van der Waals surface area contributed by atoms with Crippen LogP contribution in [-0.4, -0.2) is 56.5 Å². The zero-order valence-corrected chi connectivity index (χ0v) is 19.4. The van der Waals surface area contributed by atoms with Gasteiger partial charge in [0.1, 0.15) is 11.5 Å². The van der Waals surface area contributed by atoms with E-state index in [1.165, 1.54) is 0 Å². The lowest BCUT2D eigenvalue weighted by molar-refractivity contribution is -0.119. The number of piperidine rings is 1. The van der Waals surface area contributed by atoms with Crippen molar-refractivity contribution in [3.8, 4) is 22.8 Å². The van der Waals surface area contributed by atoms with Gasteiger partial charge in [-0.1, -0.05) is 0 Å². The summed E-state index contributed by atoms with van der Waals surface area (Å²) in [6.45, 7) is 5.59. The minimum atomic E-state index is 0.0701. The fourth-order valence-electron chi connectivity index (χ4n) is 4.59. The maximum absolute atomic E-state index is 11.2. The lowest BCUT2D eigenvalue weighted by Crippen LogP contribution is -2.44. The first-order valence-electron chi connectivity index (χ1n) is 11.9. The Balaban J connectivity index is 1.14. The molecule has 8 nitrogen and oxygen atoms in total. The number of aromatic nitrogens is 4. The second-order valence-electron chi connectivity index (χ2n) is 8.86. The van der Waals surface area contributed by atoms with Gasteiger partial charge in [0.25, 0.3) is 0 Å². The minimum Gasteiger partial charge on any atom is -0.457 e. The Morgan fingerprint density at radius 3 is 2.62 bits per heavy atom. The minimum absolute atomic E-state index is 0.0701. The van der Waals surface area contributed by atoms with E-state index in [2.05, 4.69) is 36.3 Å². The predicted molar refractivity (Wildman–Crippen MR) is 132 cm³/mol. The number of likely N-dealkylation sites (tertiary alicyclic amines) is 1. The van der Waals surface area contributed by atoms with Crippen LogP contribution in [0, 0.1) is 0 Å². The van der Waals surface area contributed by atoms with Crippen molar-refractivity contribution in [2.24, 2.45) is 0 Å². The number of nitrogens with zero attached hydrogens (tertiary/aromatic N) is 4. The van der Waals surface area contributed by atoms with E-state index >= 15 is 0 Å². The third-order valence-corrected chi connectivity index (χ3v) is 6.35. The van der Waals surface area contributed by atoms with Crippen LogP contribution < -0.4 is 10.1 Å². The first-order chi connectivity index (χ1) is 16.6. The van der Waals surface area contributed by atoms with Crippen LogP contribution in [0.2, 0.25) is 0 Å². The van der Waals surface area contributed by atoms with Crippen LogP contribution in [0.3, 0.4) is 0 Å². The number of carbonyl (C=O) groups is 1. The summed E-state index contributed by atoms with van der Waals surface area (Å²) >= 11 is 0. The van der Waals surface area contributed by atoms with Crippen molar-refractivity contribution in [1.82, 2.24) is 30.2 Å². The fourth-order valence-corrected chi connectivity index (χ4v) is 4.59. The molecule has 0 unspecified atom stereocenters. The summed E-state index contributed by atoms with van der Waals surface area (Å²) in [5, 5.41) is 15.7. The number of amides is 1. The van der Waals surface area contributed by atoms with Gasteiger partial charge in [-0.3, -0.25) is 14.6 Å². The summed E-state index contributed by atoms with van der Waals surface area (Å²) in [6, 6.07) is 16.3. The van der Waals surface area contributed by atoms with E-state index in [1.54, 1.807) is 13.1 Å². The summed E-state index contributed by atoms with van der Waals surface area (Å²) in [5.74, 6) is 1.65. The summed E-state index contributed by atoms with van der Waals surface area (Å²) < 4.78 is 8.14. The van der Waals surface area contributed by atoms with Gasteiger partial charge in [-0.25, -0.2) is 0 Å². The molecule has 2 aromatic carbocycles. The Bertz CT molecular complexity index is 1220. The second-order valence-corrected chi connectivity index (χ2v) is 8.86. The number of fused-ring (bicyclic) bond motifs is 1. The first-order valence-corrected chi connectivity index (χ1v) is 11.9. The molecule has 1 aliphatic rings. The van der Waals surface area contributed by atoms with Crippen LogP contribution in [-0.2, 0) is 11.3 Å². The molecule has 0 aliphatic carbocycles. The Kier molecular flexibility index (Phi) is 6.58. The van der Waals surface area contributed by atoms with E-state index < -0.39 is 0 Å². The number of H-pyrrole nitrogens is 1. The summed E-state index contributed by atoms with van der Waals surface area (Å²) in [4.78, 5) is 13.7. The smallest absolute Gasteiger partial charge is 0.217 e. The molecule has 0 bridgehead atoms. The molecule has 2 aromatic heterocycles. The second kappa shape index (κ2) is 10.1. The van der Waals surface area contributed by atoms with Crippen LogP contribution in [0.4, 0.5) is 0 Å². The molecule has 4 aromatic rings. The monoisotopic (exact) mass is 458 g/mol. The molecule has 1 fully saturated rings. The number of rotatable bonds is 8. The molecular weight excluding hydrogens is 428 g/mol. The standard InChI is InChI=1S/C26H30N6O2/c1-19(33)29-22-10-15-31(16-11-22)13-2-14-32-26-8-7-24(17-21(26)18-28-32)34-23-5-3-20(4-6-23)25-9-12-27-30-25/h3-9,12,17-18,22H,2,10-11,13-16H2,1H3,(H,27,30)(H,29,33). The number of carbonyl (C=O) groups excluding carboxylic acids is 1. The van der Waals surface area contributed by atoms with E-state index in [1.807, 2.05) is 48.7 Å². The van der Waals surface area contributed by atoms with Crippen molar-refractivity contribution in [2.45, 2.75) is 38.8 Å². The fraction of sp³-hybridized carbons (Fsp3) is 0.346. The zero-order valence-electron chi connectivity index (χ0n) is 19.4. The molecule has 0 atom stereocenters. The van der Waals surface area contributed by atoms with Gasteiger partial charge in [-0.05, 0) is 79.9 Å². The van der Waals surface area contributed by atoms with E-state index in [0.29, 0.717) is 6.04 Å². The van der Waals surface area contributed by atoms with Gasteiger partial charge in [0, 0.05) is 44.2 Å². The molecule has 0 radical (unpaired) electrons. The average molecular weight is 459 g/mol. The molecule has 0 spiro atoms. The highest BCUT2D eigenvalue weighted by Crippen LogP contribution is 2.27. The van der Waals surface area contributed by atoms with Crippen molar-refractivity contribution >= 4 is 16.8 Å². The van der Waals surface area contributed by atoms with Crippen LogP contribution in [0.25, 0.3) is 22.2 Å². The van der Waals surface area contributed by atoms with E-state index in [-0.39, 0.29) is 5.91 Å². The Hall–Kier alpha value is -3.65.